The topological polar surface area (TPSA) is 178 Å². The van der Waals surface area contributed by atoms with Gasteiger partial charge in [0.25, 0.3) is 0 Å². The van der Waals surface area contributed by atoms with Crippen LogP contribution in [-0.2, 0) is 38.6 Å². The summed E-state index contributed by atoms with van der Waals surface area (Å²) in [5, 5.41) is 2.86. The number of aromatic nitrogens is 2. The van der Waals surface area contributed by atoms with Gasteiger partial charge in [0.15, 0.2) is 0 Å². The number of ether oxygens (including phenoxy) is 1. The van der Waals surface area contributed by atoms with Crippen LogP contribution >= 0.6 is 0 Å². The SMILES string of the molecule is [2H]C(=O)[C@H]([NH-])Cc1cnc[nH]1.[Ac].[NH-][C@@H](Cc1ccccc1)C(=O)N1C[C@H](OCc2ccccc2)C[C@H]1C(=O)NCCCN. The van der Waals surface area contributed by atoms with Crippen LogP contribution < -0.4 is 11.1 Å². The molecule has 1 fully saturated rings. The average Bonchev–Trinajstić information content (AvgIpc) is 3.67. The molecule has 0 spiro atoms. The van der Waals surface area contributed by atoms with Gasteiger partial charge in [-0.2, -0.15) is 0 Å². The largest absolute Gasteiger partial charge is 0.668 e. The zero-order chi connectivity index (χ0) is 30.3. The van der Waals surface area contributed by atoms with E-state index in [0.717, 1.165) is 11.1 Å². The van der Waals surface area contributed by atoms with Gasteiger partial charge in [-0.15, -0.1) is 0 Å². The number of H-pyrrole nitrogens is 1. The molecule has 1 saturated heterocycles. The number of hydrogen-bond acceptors (Lipinski definition) is 6. The van der Waals surface area contributed by atoms with E-state index in [1.54, 1.807) is 6.20 Å². The number of rotatable bonds is 13. The number of aldehydes is 1. The molecule has 0 bridgehead atoms. The molecule has 4 atom stereocenters. The molecule has 1 aliphatic heterocycles. The average molecular weight is 790 g/mol. The Balaban J connectivity index is 0.000000454. The van der Waals surface area contributed by atoms with Gasteiger partial charge in [0.2, 0.25) is 11.8 Å². The van der Waals surface area contributed by atoms with Crippen molar-refractivity contribution >= 4 is 18.1 Å². The first-order valence-electron chi connectivity index (χ1n) is 14.2. The van der Waals surface area contributed by atoms with Crippen molar-refractivity contribution in [1.29, 1.82) is 0 Å². The summed E-state index contributed by atoms with van der Waals surface area (Å²) in [4.78, 5) is 44.2. The number of nitrogens with two attached hydrogens (primary N) is 1. The number of nitrogens with one attached hydrogen (secondary N) is 4. The second-order valence-corrected chi connectivity index (χ2v) is 9.79. The van der Waals surface area contributed by atoms with Gasteiger partial charge in [0.05, 0.1) is 19.0 Å². The molecule has 2 aromatic carbocycles. The standard InChI is InChI=1S/C24H31N4O3.C6H8N3O.Ac/c25-12-7-13-27-23(29)22-15-20(31-17-19-10-5-2-6-11-19)16-28(22)24(30)21(26)14-18-8-3-1-4-9-18;7-5(3-10)1-6-2-8-4-9-6;/h1-6,8-11,20-22,26H,7,12-17,25H2,(H,27,29);2-5,7H,1H2,(H,8,9);/q2*-1;/t20-,21+,22+;5-;/m11./s1/i;3D;. The number of imidazole rings is 1. The fourth-order valence-electron chi connectivity index (χ4n) is 4.43. The van der Waals surface area contributed by atoms with Crippen molar-refractivity contribution in [3.05, 3.63) is 101 Å². The summed E-state index contributed by atoms with van der Waals surface area (Å²) in [5.41, 5.74) is 23.7. The number of carbonyl (C=O) groups excluding carboxylic acids is 3. The number of nitrogens with zero attached hydrogens (tertiary/aromatic N) is 2. The summed E-state index contributed by atoms with van der Waals surface area (Å²) in [6.07, 6.45) is 3.56. The molecule has 4 rings (SSSR count). The van der Waals surface area contributed by atoms with Gasteiger partial charge in [-0.1, -0.05) is 72.7 Å². The fraction of sp³-hybridized carbons (Fsp3) is 0.400. The Morgan fingerprint density at radius 1 is 1.14 bits per heavy atom. The second-order valence-electron chi connectivity index (χ2n) is 9.79. The van der Waals surface area contributed by atoms with E-state index >= 15 is 0 Å². The molecular weight excluding hydrogens is 749 g/mol. The van der Waals surface area contributed by atoms with Crippen LogP contribution in [0.3, 0.4) is 0 Å². The first-order chi connectivity index (χ1) is 20.3. The number of likely N-dealkylation sites (tertiary alicyclic amines) is 1. The summed E-state index contributed by atoms with van der Waals surface area (Å²) in [6.45, 7) is 1.69. The number of amides is 2. The zero-order valence-corrected chi connectivity index (χ0v) is 28.3. The molecule has 42 heavy (non-hydrogen) atoms. The van der Waals surface area contributed by atoms with Crippen LogP contribution in [0.2, 0.25) is 0 Å². The molecule has 3 aromatic rings. The maximum Gasteiger partial charge on any atom is 0.242 e. The van der Waals surface area contributed by atoms with Crippen molar-refractivity contribution in [3.63, 3.8) is 0 Å². The molecule has 0 aliphatic carbocycles. The predicted octanol–water partition coefficient (Wildman–Crippen LogP) is 2.87. The van der Waals surface area contributed by atoms with Gasteiger partial charge >= 0.3 is 0 Å². The van der Waals surface area contributed by atoms with E-state index in [1.165, 1.54) is 11.2 Å². The molecule has 0 unspecified atom stereocenters. The smallest absolute Gasteiger partial charge is 0.242 e. The molecule has 223 valence electrons. The molecule has 11 nitrogen and oxygen atoms in total. The number of hydrogen-bond donors (Lipinski definition) is 3. The Labute approximate surface area is 284 Å². The van der Waals surface area contributed by atoms with Crippen LogP contribution in [0.5, 0.6) is 0 Å². The second kappa shape index (κ2) is 19.7. The van der Waals surface area contributed by atoms with Gasteiger partial charge < -0.3 is 41.9 Å². The summed E-state index contributed by atoms with van der Waals surface area (Å²) in [5.74, 6) is -0.548. The van der Waals surface area contributed by atoms with Crippen molar-refractivity contribution in [2.45, 2.75) is 56.5 Å². The third-order valence-electron chi connectivity index (χ3n) is 6.56. The normalized spacial score (nSPS) is 17.6. The van der Waals surface area contributed by atoms with Crippen LogP contribution in [0.15, 0.2) is 73.2 Å². The summed E-state index contributed by atoms with van der Waals surface area (Å²) < 4.78 is 12.6. The molecule has 1 aliphatic rings. The van der Waals surface area contributed by atoms with Crippen LogP contribution in [-0.4, -0.2) is 76.8 Å². The Morgan fingerprint density at radius 3 is 2.40 bits per heavy atom. The van der Waals surface area contributed by atoms with Crippen molar-refractivity contribution in [1.82, 2.24) is 20.2 Å². The molecule has 2 heterocycles. The Hall–Kier alpha value is -2.46. The van der Waals surface area contributed by atoms with Gasteiger partial charge in [0.1, 0.15) is 13.7 Å². The van der Waals surface area contributed by atoms with E-state index in [4.69, 9.17) is 23.3 Å². The Morgan fingerprint density at radius 2 is 1.81 bits per heavy atom. The van der Waals surface area contributed by atoms with E-state index in [1.807, 2.05) is 60.7 Å². The molecule has 1 aromatic heterocycles. The monoisotopic (exact) mass is 789 g/mol. The number of benzene rings is 2. The minimum absolute atomic E-state index is 0. The summed E-state index contributed by atoms with van der Waals surface area (Å²) in [6, 6.07) is 16.7. The van der Waals surface area contributed by atoms with Crippen molar-refractivity contribution in [3.8, 4) is 0 Å². The van der Waals surface area contributed by atoms with Gasteiger partial charge in [0, 0.05) is 75.5 Å². The van der Waals surface area contributed by atoms with Crippen LogP contribution in [0.25, 0.3) is 11.5 Å². The van der Waals surface area contributed by atoms with E-state index in [0.29, 0.717) is 51.2 Å². The molecule has 0 saturated carbocycles. The van der Waals surface area contributed by atoms with Crippen molar-refractivity contribution in [2.24, 2.45) is 5.73 Å². The van der Waals surface area contributed by atoms with Gasteiger partial charge in [-0.25, -0.2) is 4.98 Å². The van der Waals surface area contributed by atoms with Gasteiger partial charge in [-0.05, 0) is 36.9 Å². The predicted molar refractivity (Wildman–Crippen MR) is 157 cm³/mol. The first-order valence-corrected chi connectivity index (χ1v) is 13.7. The first kappa shape index (κ1) is 34.0. The number of carbonyl (C=O) groups is 3. The molecule has 2 amide bonds. The van der Waals surface area contributed by atoms with E-state index in [2.05, 4.69) is 15.3 Å². The summed E-state index contributed by atoms with van der Waals surface area (Å²) >= 11 is 0. The zero-order valence-electron chi connectivity index (χ0n) is 24.6. The third-order valence-corrected chi connectivity index (χ3v) is 6.56. The van der Waals surface area contributed by atoms with Crippen molar-refractivity contribution < 1.29 is 64.6 Å². The van der Waals surface area contributed by atoms with Crippen LogP contribution in [0, 0.1) is 44.1 Å². The quantitative estimate of drug-likeness (QED) is 0.177. The molecule has 12 heteroatoms. The minimum Gasteiger partial charge on any atom is -0.668 e. The maximum atomic E-state index is 13.1. The molecular formula is C30H39AcN7O4-2. The Kier molecular flexibility index (Phi) is 15.9. The van der Waals surface area contributed by atoms with E-state index in [-0.39, 0.29) is 68.4 Å². The van der Waals surface area contributed by atoms with E-state index in [9.17, 15) is 14.4 Å². The minimum atomic E-state index is -0.990. The Bertz CT molecular complexity index is 1240. The maximum absolute atomic E-state index is 13.1. The van der Waals surface area contributed by atoms with Gasteiger partial charge in [-0.3, -0.25) is 9.59 Å². The summed E-state index contributed by atoms with van der Waals surface area (Å²) in [7, 11) is 0. The molecule has 1 radical (unpaired) electrons. The van der Waals surface area contributed by atoms with Crippen LogP contribution in [0.4, 0.5) is 0 Å². The number of aromatic amines is 1. The van der Waals surface area contributed by atoms with Crippen molar-refractivity contribution in [2.75, 3.05) is 19.6 Å². The van der Waals surface area contributed by atoms with E-state index < -0.39 is 24.4 Å². The molecule has 6 N–H and O–H groups in total. The third kappa shape index (κ3) is 12.0. The fourth-order valence-corrected chi connectivity index (χ4v) is 4.43. The van der Waals surface area contributed by atoms with Crippen LogP contribution in [0.1, 0.15) is 31.0 Å².